The van der Waals surface area contributed by atoms with Crippen molar-refractivity contribution in [2.45, 2.75) is 32.7 Å². The van der Waals surface area contributed by atoms with Crippen molar-refractivity contribution < 1.29 is 19.4 Å². The summed E-state index contributed by atoms with van der Waals surface area (Å²) < 4.78 is 4.71. The number of carbonyl (C=O) groups excluding carboxylic acids is 1. The molecule has 0 spiro atoms. The van der Waals surface area contributed by atoms with Crippen LogP contribution in [0.25, 0.3) is 0 Å². The monoisotopic (exact) mass is 265 g/mol. The third-order valence-electron chi connectivity index (χ3n) is 2.93. The first kappa shape index (κ1) is 15.0. The van der Waals surface area contributed by atoms with E-state index in [1.807, 2.05) is 19.9 Å². The fourth-order valence-corrected chi connectivity index (χ4v) is 1.80. The lowest BCUT2D eigenvalue weighted by atomic mass is 10.1. The molecule has 0 aliphatic rings. The zero-order chi connectivity index (χ0) is 14.4. The first-order valence-corrected chi connectivity index (χ1v) is 6.12. The number of carboxylic acid groups (broad SMARTS) is 1. The maximum Gasteiger partial charge on any atom is 0.338 e. The van der Waals surface area contributed by atoms with Crippen LogP contribution in [0.4, 0.5) is 5.69 Å². The third kappa shape index (κ3) is 4.28. The van der Waals surface area contributed by atoms with Crippen LogP contribution in [0.15, 0.2) is 18.2 Å². The lowest BCUT2D eigenvalue weighted by molar-refractivity contribution is -0.137. The lowest BCUT2D eigenvalue weighted by Gasteiger charge is -2.17. The number of esters is 1. The number of methoxy groups -OCH3 is 1. The molecule has 0 bridgehead atoms. The van der Waals surface area contributed by atoms with E-state index in [0.717, 1.165) is 11.3 Å². The second-order valence-corrected chi connectivity index (χ2v) is 4.45. The molecule has 1 unspecified atom stereocenters. The zero-order valence-electron chi connectivity index (χ0n) is 11.4. The van der Waals surface area contributed by atoms with Crippen molar-refractivity contribution in [2.75, 3.05) is 12.4 Å². The molecule has 104 valence electrons. The van der Waals surface area contributed by atoms with E-state index < -0.39 is 5.97 Å². The van der Waals surface area contributed by atoms with E-state index in [1.165, 1.54) is 7.11 Å². The van der Waals surface area contributed by atoms with E-state index in [4.69, 9.17) is 9.84 Å². The van der Waals surface area contributed by atoms with Crippen LogP contribution in [-0.4, -0.2) is 30.2 Å². The predicted octanol–water partition coefficient (Wildman–Crippen LogP) is 2.45. The molecule has 1 atom stereocenters. The number of nitrogens with one attached hydrogen (secondary N) is 1. The number of hydrogen-bond acceptors (Lipinski definition) is 4. The molecule has 0 aliphatic carbocycles. The molecule has 0 aliphatic heterocycles. The maximum absolute atomic E-state index is 11.6. The Morgan fingerprint density at radius 1 is 1.42 bits per heavy atom. The van der Waals surface area contributed by atoms with Crippen molar-refractivity contribution in [3.8, 4) is 0 Å². The highest BCUT2D eigenvalue weighted by Gasteiger charge is 2.13. The molecule has 0 radical (unpaired) electrons. The van der Waals surface area contributed by atoms with Gasteiger partial charge in [-0.05, 0) is 38.0 Å². The van der Waals surface area contributed by atoms with Crippen molar-refractivity contribution in [2.24, 2.45) is 0 Å². The smallest absolute Gasteiger partial charge is 0.338 e. The van der Waals surface area contributed by atoms with Crippen molar-refractivity contribution in [1.29, 1.82) is 0 Å². The number of benzene rings is 1. The van der Waals surface area contributed by atoms with Gasteiger partial charge in [-0.15, -0.1) is 0 Å². The number of carboxylic acids is 1. The summed E-state index contributed by atoms with van der Waals surface area (Å²) in [6, 6.07) is 5.35. The van der Waals surface area contributed by atoms with Crippen LogP contribution < -0.4 is 5.32 Å². The molecule has 0 aromatic heterocycles. The molecular weight excluding hydrogens is 246 g/mol. The molecule has 2 N–H and O–H groups in total. The van der Waals surface area contributed by atoms with Crippen LogP contribution in [-0.2, 0) is 9.53 Å². The second-order valence-electron chi connectivity index (χ2n) is 4.45. The van der Waals surface area contributed by atoms with E-state index in [-0.39, 0.29) is 18.4 Å². The van der Waals surface area contributed by atoms with Crippen molar-refractivity contribution >= 4 is 17.6 Å². The van der Waals surface area contributed by atoms with Crippen molar-refractivity contribution in [1.82, 2.24) is 0 Å². The molecule has 5 nitrogen and oxygen atoms in total. The standard InChI is InChI=1S/C14H19NO4/c1-9(7-8-13(16)17)15-12-6-4-5-11(10(12)2)14(18)19-3/h4-6,9,15H,7-8H2,1-3H3,(H,16,17). The molecule has 0 saturated carbocycles. The number of carbonyl (C=O) groups is 2. The molecule has 0 fully saturated rings. The van der Waals surface area contributed by atoms with Gasteiger partial charge >= 0.3 is 11.9 Å². The van der Waals surface area contributed by atoms with E-state index in [1.54, 1.807) is 12.1 Å². The van der Waals surface area contributed by atoms with Gasteiger partial charge in [-0.25, -0.2) is 4.79 Å². The molecule has 1 aromatic rings. The fourth-order valence-electron chi connectivity index (χ4n) is 1.80. The number of anilines is 1. The van der Waals surface area contributed by atoms with Crippen LogP contribution >= 0.6 is 0 Å². The van der Waals surface area contributed by atoms with E-state index in [2.05, 4.69) is 5.32 Å². The van der Waals surface area contributed by atoms with Gasteiger partial charge in [-0.2, -0.15) is 0 Å². The summed E-state index contributed by atoms with van der Waals surface area (Å²) in [6.07, 6.45) is 0.640. The molecule has 1 aromatic carbocycles. The molecule has 0 heterocycles. The minimum Gasteiger partial charge on any atom is -0.481 e. The average molecular weight is 265 g/mol. The summed E-state index contributed by atoms with van der Waals surface area (Å²) in [5.74, 6) is -1.19. The summed E-state index contributed by atoms with van der Waals surface area (Å²) in [6.45, 7) is 3.74. The van der Waals surface area contributed by atoms with Gasteiger partial charge < -0.3 is 15.2 Å². The summed E-state index contributed by atoms with van der Waals surface area (Å²) in [5, 5.41) is 11.9. The van der Waals surface area contributed by atoms with Crippen molar-refractivity contribution in [3.63, 3.8) is 0 Å². The van der Waals surface area contributed by atoms with Crippen LogP contribution in [0.1, 0.15) is 35.7 Å². The highest BCUT2D eigenvalue weighted by molar-refractivity contribution is 5.92. The molecule has 5 heteroatoms. The van der Waals surface area contributed by atoms with Crippen LogP contribution in [0, 0.1) is 6.92 Å². The van der Waals surface area contributed by atoms with Gasteiger partial charge in [-0.3, -0.25) is 4.79 Å². The molecular formula is C14H19NO4. The Kier molecular flexibility index (Phi) is 5.36. The fraction of sp³-hybridized carbons (Fsp3) is 0.429. The minimum absolute atomic E-state index is 0.0164. The molecule has 19 heavy (non-hydrogen) atoms. The van der Waals surface area contributed by atoms with E-state index in [0.29, 0.717) is 12.0 Å². The first-order chi connectivity index (χ1) is 8.95. The van der Waals surface area contributed by atoms with E-state index in [9.17, 15) is 9.59 Å². The Hall–Kier alpha value is -2.04. The van der Waals surface area contributed by atoms with Gasteiger partial charge in [0.1, 0.15) is 0 Å². The highest BCUT2D eigenvalue weighted by Crippen LogP contribution is 2.21. The minimum atomic E-state index is -0.811. The number of aliphatic carboxylic acids is 1. The van der Waals surface area contributed by atoms with Gasteiger partial charge in [-0.1, -0.05) is 6.07 Å². The van der Waals surface area contributed by atoms with Gasteiger partial charge in [0.15, 0.2) is 0 Å². The lowest BCUT2D eigenvalue weighted by Crippen LogP contribution is -2.18. The normalized spacial score (nSPS) is 11.7. The molecule has 1 rings (SSSR count). The first-order valence-electron chi connectivity index (χ1n) is 6.12. The number of ether oxygens (including phenoxy) is 1. The Bertz CT molecular complexity index is 471. The second kappa shape index (κ2) is 6.78. The summed E-state index contributed by atoms with van der Waals surface area (Å²) in [4.78, 5) is 22.1. The van der Waals surface area contributed by atoms with E-state index >= 15 is 0 Å². The van der Waals surface area contributed by atoms with Crippen LogP contribution in [0.3, 0.4) is 0 Å². The van der Waals surface area contributed by atoms with Crippen molar-refractivity contribution in [3.05, 3.63) is 29.3 Å². The Morgan fingerprint density at radius 3 is 2.68 bits per heavy atom. The topological polar surface area (TPSA) is 75.6 Å². The SMILES string of the molecule is COC(=O)c1cccc(NC(C)CCC(=O)O)c1C. The van der Waals surface area contributed by atoms with Gasteiger partial charge in [0.2, 0.25) is 0 Å². The summed E-state index contributed by atoms with van der Waals surface area (Å²) in [7, 11) is 1.34. The average Bonchev–Trinajstić information content (AvgIpc) is 2.38. The Labute approximate surface area is 112 Å². The Balaban J connectivity index is 2.78. The summed E-state index contributed by atoms with van der Waals surface area (Å²) >= 11 is 0. The summed E-state index contributed by atoms with van der Waals surface area (Å²) in [5.41, 5.74) is 2.13. The van der Waals surface area contributed by atoms with Gasteiger partial charge in [0, 0.05) is 18.2 Å². The van der Waals surface area contributed by atoms with Gasteiger partial charge in [0.05, 0.1) is 12.7 Å². The number of rotatable bonds is 6. The quantitative estimate of drug-likeness (QED) is 0.773. The zero-order valence-corrected chi connectivity index (χ0v) is 11.4. The largest absolute Gasteiger partial charge is 0.481 e. The maximum atomic E-state index is 11.6. The predicted molar refractivity (Wildman–Crippen MR) is 72.5 cm³/mol. The third-order valence-corrected chi connectivity index (χ3v) is 2.93. The van der Waals surface area contributed by atoms with Crippen LogP contribution in [0.2, 0.25) is 0 Å². The Morgan fingerprint density at radius 2 is 2.11 bits per heavy atom. The number of hydrogen-bond donors (Lipinski definition) is 2. The van der Waals surface area contributed by atoms with Gasteiger partial charge in [0.25, 0.3) is 0 Å². The highest BCUT2D eigenvalue weighted by atomic mass is 16.5. The molecule has 0 saturated heterocycles. The molecule has 0 amide bonds. The van der Waals surface area contributed by atoms with Crippen LogP contribution in [0.5, 0.6) is 0 Å².